The van der Waals surface area contributed by atoms with Gasteiger partial charge in [0.2, 0.25) is 0 Å². The molecule has 5 nitrogen and oxygen atoms in total. The van der Waals surface area contributed by atoms with Crippen LogP contribution in [-0.4, -0.2) is 65.7 Å². The van der Waals surface area contributed by atoms with Crippen LogP contribution in [0.3, 0.4) is 0 Å². The van der Waals surface area contributed by atoms with Gasteiger partial charge in [-0.2, -0.15) is 0 Å². The Morgan fingerprint density at radius 1 is 1.03 bits per heavy atom. The molecule has 2 saturated heterocycles. The van der Waals surface area contributed by atoms with Crippen molar-refractivity contribution in [1.82, 2.24) is 9.80 Å². The molecule has 0 bridgehead atoms. The molecule has 1 aliphatic carbocycles. The summed E-state index contributed by atoms with van der Waals surface area (Å²) < 4.78 is 25.5. The second-order valence-electron chi connectivity index (χ2n) is 12.1. The highest BCUT2D eigenvalue weighted by Gasteiger charge is 2.48. The number of esters is 1. The van der Waals surface area contributed by atoms with Crippen LogP contribution in [0, 0.1) is 18.7 Å². The third kappa shape index (κ3) is 6.76. The molecule has 3 fully saturated rings. The first-order chi connectivity index (χ1) is 16.6. The Balaban J connectivity index is 1.25. The van der Waals surface area contributed by atoms with Crippen LogP contribution in [-0.2, 0) is 9.53 Å². The van der Waals surface area contributed by atoms with E-state index in [1.807, 2.05) is 27.7 Å². The first-order valence-electron chi connectivity index (χ1n) is 13.8. The number of aryl methyl sites for hydroxylation is 1. The molecular formula is C29H45FN2O3. The zero-order valence-electron chi connectivity index (χ0n) is 22.3. The lowest BCUT2D eigenvalue weighted by atomic mass is 9.78. The maximum Gasteiger partial charge on any atom is 0.327 e. The van der Waals surface area contributed by atoms with Crippen LogP contribution in [0.2, 0.25) is 0 Å². The number of nitrogens with zero attached hydrogens (tertiary/aromatic N) is 2. The van der Waals surface area contributed by atoms with Gasteiger partial charge in [-0.1, -0.05) is 19.3 Å². The second-order valence-corrected chi connectivity index (χ2v) is 12.1. The summed E-state index contributed by atoms with van der Waals surface area (Å²) in [6, 6.07) is 4.77. The lowest BCUT2D eigenvalue weighted by Crippen LogP contribution is -2.60. The summed E-state index contributed by atoms with van der Waals surface area (Å²) >= 11 is 0. The SMILES string of the molecule is Cc1cc(F)ccc1OC1CCN(CC2CCN(C3(C(=O)OC(C)(C)C)CCCCC3)CC2)CC1. The van der Waals surface area contributed by atoms with Crippen LogP contribution in [0.1, 0.15) is 84.1 Å². The van der Waals surface area contributed by atoms with E-state index in [2.05, 4.69) is 9.80 Å². The maximum absolute atomic E-state index is 13.4. The number of hydrogen-bond donors (Lipinski definition) is 0. The third-order valence-corrected chi connectivity index (χ3v) is 8.16. The van der Waals surface area contributed by atoms with E-state index in [0.717, 1.165) is 95.4 Å². The van der Waals surface area contributed by atoms with Crippen LogP contribution in [0.4, 0.5) is 4.39 Å². The summed E-state index contributed by atoms with van der Waals surface area (Å²) in [6.07, 6.45) is 9.86. The van der Waals surface area contributed by atoms with Gasteiger partial charge in [-0.3, -0.25) is 9.69 Å². The Morgan fingerprint density at radius 2 is 1.69 bits per heavy atom. The van der Waals surface area contributed by atoms with Crippen molar-refractivity contribution in [2.24, 2.45) is 5.92 Å². The van der Waals surface area contributed by atoms with E-state index >= 15 is 0 Å². The highest BCUT2D eigenvalue weighted by Crippen LogP contribution is 2.38. The normalized spacial score (nSPS) is 23.2. The van der Waals surface area contributed by atoms with Crippen molar-refractivity contribution < 1.29 is 18.7 Å². The highest BCUT2D eigenvalue weighted by atomic mass is 19.1. The topological polar surface area (TPSA) is 42.0 Å². The van der Waals surface area contributed by atoms with Crippen molar-refractivity contribution in [3.05, 3.63) is 29.6 Å². The van der Waals surface area contributed by atoms with Crippen LogP contribution >= 0.6 is 0 Å². The Kier molecular flexibility index (Phi) is 8.42. The van der Waals surface area contributed by atoms with Crippen LogP contribution in [0.5, 0.6) is 5.75 Å². The molecule has 1 aromatic carbocycles. The van der Waals surface area contributed by atoms with Crippen molar-refractivity contribution in [3.8, 4) is 5.75 Å². The highest BCUT2D eigenvalue weighted by molar-refractivity contribution is 5.81. The fraction of sp³-hybridized carbons (Fsp3) is 0.759. The van der Waals surface area contributed by atoms with Crippen LogP contribution in [0.25, 0.3) is 0 Å². The van der Waals surface area contributed by atoms with Crippen molar-refractivity contribution in [3.63, 3.8) is 0 Å². The van der Waals surface area contributed by atoms with Crippen LogP contribution in [0.15, 0.2) is 18.2 Å². The number of ether oxygens (including phenoxy) is 2. The average Bonchev–Trinajstić information content (AvgIpc) is 2.82. The molecule has 1 saturated carbocycles. The summed E-state index contributed by atoms with van der Waals surface area (Å²) in [4.78, 5) is 18.4. The number of benzene rings is 1. The fourth-order valence-electron chi connectivity index (χ4n) is 6.20. The third-order valence-electron chi connectivity index (χ3n) is 8.16. The molecule has 1 aromatic rings. The number of carbonyl (C=O) groups excluding carboxylic acids is 1. The zero-order valence-corrected chi connectivity index (χ0v) is 22.3. The van der Waals surface area contributed by atoms with Gasteiger partial charge >= 0.3 is 5.97 Å². The molecule has 3 aliphatic rings. The van der Waals surface area contributed by atoms with Gasteiger partial charge in [0.25, 0.3) is 0 Å². The predicted octanol–water partition coefficient (Wildman–Crippen LogP) is 5.73. The minimum absolute atomic E-state index is 0.00149. The lowest BCUT2D eigenvalue weighted by molar-refractivity contribution is -0.174. The van der Waals surface area contributed by atoms with Crippen molar-refractivity contribution in [2.45, 2.75) is 103 Å². The molecule has 4 rings (SSSR count). The molecule has 0 amide bonds. The smallest absolute Gasteiger partial charge is 0.327 e. The fourth-order valence-corrected chi connectivity index (χ4v) is 6.20. The molecule has 0 radical (unpaired) electrons. The molecule has 0 N–H and O–H groups in total. The number of rotatable bonds is 6. The van der Waals surface area contributed by atoms with Crippen molar-refractivity contribution >= 4 is 5.97 Å². The van der Waals surface area contributed by atoms with E-state index in [1.54, 1.807) is 6.07 Å². The molecule has 2 aliphatic heterocycles. The van der Waals surface area contributed by atoms with Gasteiger partial charge in [-0.15, -0.1) is 0 Å². The second kappa shape index (κ2) is 11.2. The Morgan fingerprint density at radius 3 is 2.29 bits per heavy atom. The van der Waals surface area contributed by atoms with Gasteiger partial charge in [0.05, 0.1) is 0 Å². The molecule has 0 atom stereocenters. The van der Waals surface area contributed by atoms with E-state index in [1.165, 1.54) is 18.6 Å². The molecule has 35 heavy (non-hydrogen) atoms. The van der Waals surface area contributed by atoms with E-state index < -0.39 is 11.1 Å². The van der Waals surface area contributed by atoms with E-state index in [0.29, 0.717) is 5.92 Å². The van der Waals surface area contributed by atoms with E-state index in [-0.39, 0.29) is 17.9 Å². The molecule has 2 heterocycles. The molecule has 0 spiro atoms. The summed E-state index contributed by atoms with van der Waals surface area (Å²) in [6.45, 7) is 13.0. The zero-order chi connectivity index (χ0) is 25.1. The standard InChI is InChI=1S/C29H45FN2O3/c1-22-20-24(30)8-9-26(22)34-25-12-16-31(17-13-25)21-23-10-18-32(19-11-23)29(14-6-5-7-15-29)27(33)35-28(2,3)4/h8-9,20,23,25H,5-7,10-19,21H2,1-4H3. The number of piperidine rings is 2. The molecule has 0 aromatic heterocycles. The first-order valence-corrected chi connectivity index (χ1v) is 13.8. The number of carbonyl (C=O) groups is 1. The quantitative estimate of drug-likeness (QED) is 0.478. The van der Waals surface area contributed by atoms with Gasteiger partial charge in [0.1, 0.15) is 28.8 Å². The van der Waals surface area contributed by atoms with E-state index in [9.17, 15) is 9.18 Å². The van der Waals surface area contributed by atoms with Gasteiger partial charge < -0.3 is 14.4 Å². The van der Waals surface area contributed by atoms with Crippen molar-refractivity contribution in [1.29, 1.82) is 0 Å². The molecule has 196 valence electrons. The number of hydrogen-bond acceptors (Lipinski definition) is 5. The number of halogens is 1. The van der Waals surface area contributed by atoms with Crippen molar-refractivity contribution in [2.75, 3.05) is 32.7 Å². The van der Waals surface area contributed by atoms with Gasteiger partial charge in [0, 0.05) is 19.6 Å². The van der Waals surface area contributed by atoms with Crippen LogP contribution < -0.4 is 4.74 Å². The molecule has 6 heteroatoms. The largest absolute Gasteiger partial charge is 0.490 e. The minimum Gasteiger partial charge on any atom is -0.490 e. The summed E-state index contributed by atoms with van der Waals surface area (Å²) in [5.41, 5.74) is 0.0109. The average molecular weight is 489 g/mol. The Labute approximate surface area is 211 Å². The Hall–Kier alpha value is -1.66. The van der Waals surface area contributed by atoms with Gasteiger partial charge in [-0.05, 0) is 109 Å². The molecular weight excluding hydrogens is 443 g/mol. The first kappa shape index (κ1) is 26.4. The predicted molar refractivity (Wildman–Crippen MR) is 137 cm³/mol. The van der Waals surface area contributed by atoms with E-state index in [4.69, 9.17) is 9.47 Å². The monoisotopic (exact) mass is 488 g/mol. The summed E-state index contributed by atoms with van der Waals surface area (Å²) in [5.74, 6) is 1.28. The summed E-state index contributed by atoms with van der Waals surface area (Å²) in [5, 5.41) is 0. The minimum atomic E-state index is -0.439. The molecule has 0 unspecified atom stereocenters. The lowest BCUT2D eigenvalue weighted by Gasteiger charge is -2.48. The Bertz CT molecular complexity index is 846. The maximum atomic E-state index is 13.4. The summed E-state index contributed by atoms with van der Waals surface area (Å²) in [7, 11) is 0. The van der Waals surface area contributed by atoms with Gasteiger partial charge in [-0.25, -0.2) is 4.39 Å². The number of likely N-dealkylation sites (tertiary alicyclic amines) is 2. The van der Waals surface area contributed by atoms with Gasteiger partial charge in [0.15, 0.2) is 0 Å².